The van der Waals surface area contributed by atoms with Crippen molar-refractivity contribution >= 4 is 28.7 Å². The number of halogens is 4. The minimum atomic E-state index is -4.59. The number of hydrogen-bond donors (Lipinski definition) is 2. The molecule has 0 bridgehead atoms. The highest BCUT2D eigenvalue weighted by atomic mass is 35.5. The van der Waals surface area contributed by atoms with E-state index in [1.54, 1.807) is 0 Å². The summed E-state index contributed by atoms with van der Waals surface area (Å²) in [5, 5.41) is 6.51. The molecule has 0 fully saturated rings. The highest BCUT2D eigenvalue weighted by molar-refractivity contribution is 7.90. The molecule has 2 atom stereocenters. The molecular weight excluding hydrogens is 447 g/mol. The molecule has 14 heteroatoms. The van der Waals surface area contributed by atoms with E-state index in [0.717, 1.165) is 11.0 Å². The number of aromatic nitrogens is 5. The topological polar surface area (TPSA) is 135 Å². The zero-order valence-corrected chi connectivity index (χ0v) is 16.7. The van der Waals surface area contributed by atoms with Gasteiger partial charge in [0.2, 0.25) is 0 Å². The third kappa shape index (κ3) is 4.87. The second-order valence-corrected chi connectivity index (χ2v) is 7.70. The summed E-state index contributed by atoms with van der Waals surface area (Å²) in [5.74, 6) is -0.879. The van der Waals surface area contributed by atoms with Crippen molar-refractivity contribution in [2.24, 2.45) is 5.73 Å². The number of amides is 1. The zero-order chi connectivity index (χ0) is 22.1. The number of carbonyl (C=O) groups is 1. The molecule has 2 aromatic heterocycles. The SMILES string of the molecule is C[S+]([O-])c1cc(Cl)cc(C(=O)NC(N)c2ncnn2-c2ncc(C(F)(F)F)cn2)c1. The summed E-state index contributed by atoms with van der Waals surface area (Å²) < 4.78 is 50.7. The maximum Gasteiger partial charge on any atom is 0.419 e. The normalized spacial score (nSPS) is 13.7. The smallest absolute Gasteiger partial charge is 0.419 e. The molecular formula is C16H13ClF3N7O2S. The van der Waals surface area contributed by atoms with E-state index in [2.05, 4.69) is 25.4 Å². The number of carbonyl (C=O) groups excluding carboxylic acids is 1. The number of nitrogens with two attached hydrogens (primary N) is 1. The lowest BCUT2D eigenvalue weighted by Crippen LogP contribution is -2.36. The van der Waals surface area contributed by atoms with Crippen LogP contribution in [0.4, 0.5) is 13.2 Å². The second-order valence-electron chi connectivity index (χ2n) is 5.88. The van der Waals surface area contributed by atoms with Crippen LogP contribution in [0, 0.1) is 0 Å². The van der Waals surface area contributed by atoms with Gasteiger partial charge in [0.15, 0.2) is 10.7 Å². The van der Waals surface area contributed by atoms with Crippen LogP contribution < -0.4 is 11.1 Å². The monoisotopic (exact) mass is 459 g/mol. The fourth-order valence-corrected chi connectivity index (χ4v) is 3.23. The van der Waals surface area contributed by atoms with Gasteiger partial charge in [-0.2, -0.15) is 23.0 Å². The molecule has 0 aliphatic carbocycles. The fourth-order valence-electron chi connectivity index (χ4n) is 2.34. The Morgan fingerprint density at radius 3 is 2.53 bits per heavy atom. The van der Waals surface area contributed by atoms with Gasteiger partial charge in [-0.3, -0.25) is 4.79 Å². The lowest BCUT2D eigenvalue weighted by Gasteiger charge is -2.15. The van der Waals surface area contributed by atoms with Crippen LogP contribution in [-0.4, -0.2) is 41.4 Å². The number of hydrogen-bond acceptors (Lipinski definition) is 7. The average molecular weight is 460 g/mol. The molecule has 0 radical (unpaired) electrons. The van der Waals surface area contributed by atoms with Crippen molar-refractivity contribution in [3.05, 3.63) is 58.9 Å². The van der Waals surface area contributed by atoms with Crippen LogP contribution >= 0.6 is 11.6 Å². The molecule has 3 rings (SSSR count). The molecule has 0 saturated heterocycles. The van der Waals surface area contributed by atoms with Crippen molar-refractivity contribution in [1.29, 1.82) is 0 Å². The number of nitrogens with zero attached hydrogens (tertiary/aromatic N) is 5. The van der Waals surface area contributed by atoms with Crippen LogP contribution in [0.15, 0.2) is 41.8 Å². The van der Waals surface area contributed by atoms with Crippen LogP contribution in [0.1, 0.15) is 27.9 Å². The van der Waals surface area contributed by atoms with Crippen molar-refractivity contribution in [2.45, 2.75) is 17.2 Å². The van der Waals surface area contributed by atoms with Gasteiger partial charge >= 0.3 is 6.18 Å². The van der Waals surface area contributed by atoms with E-state index in [9.17, 15) is 22.5 Å². The molecule has 0 aliphatic rings. The summed E-state index contributed by atoms with van der Waals surface area (Å²) in [6, 6.07) is 4.23. The Hall–Kier alpha value is -2.74. The third-order valence-electron chi connectivity index (χ3n) is 3.76. The molecule has 3 N–H and O–H groups in total. The van der Waals surface area contributed by atoms with Gasteiger partial charge in [-0.15, -0.1) is 0 Å². The van der Waals surface area contributed by atoms with Crippen LogP contribution in [0.5, 0.6) is 0 Å². The van der Waals surface area contributed by atoms with Crippen molar-refractivity contribution < 1.29 is 22.5 Å². The molecule has 1 aromatic carbocycles. The fraction of sp³-hybridized carbons (Fsp3) is 0.188. The Morgan fingerprint density at radius 2 is 1.93 bits per heavy atom. The van der Waals surface area contributed by atoms with E-state index < -0.39 is 35.0 Å². The summed E-state index contributed by atoms with van der Waals surface area (Å²) in [6.45, 7) is 0. The highest BCUT2D eigenvalue weighted by Crippen LogP contribution is 2.28. The van der Waals surface area contributed by atoms with Crippen molar-refractivity contribution in [3.8, 4) is 5.95 Å². The summed E-state index contributed by atoms with van der Waals surface area (Å²) in [6.07, 6.45) is -2.09. The Kier molecular flexibility index (Phi) is 6.26. The van der Waals surface area contributed by atoms with E-state index in [1.807, 2.05) is 0 Å². The van der Waals surface area contributed by atoms with Gasteiger partial charge in [0.25, 0.3) is 11.9 Å². The van der Waals surface area contributed by atoms with E-state index in [-0.39, 0.29) is 22.4 Å². The van der Waals surface area contributed by atoms with Gasteiger partial charge in [-0.25, -0.2) is 15.0 Å². The molecule has 2 unspecified atom stereocenters. The van der Waals surface area contributed by atoms with Gasteiger partial charge in [0, 0.05) is 35.1 Å². The van der Waals surface area contributed by atoms with Gasteiger partial charge in [-0.1, -0.05) is 11.6 Å². The number of rotatable bonds is 5. The largest absolute Gasteiger partial charge is 0.612 e. The molecule has 30 heavy (non-hydrogen) atoms. The Morgan fingerprint density at radius 1 is 1.27 bits per heavy atom. The molecule has 158 valence electrons. The summed E-state index contributed by atoms with van der Waals surface area (Å²) >= 11 is 4.59. The highest BCUT2D eigenvalue weighted by Gasteiger charge is 2.31. The maximum atomic E-state index is 12.7. The van der Waals surface area contributed by atoms with Gasteiger partial charge in [-0.05, 0) is 17.2 Å². The van der Waals surface area contributed by atoms with Crippen molar-refractivity contribution in [1.82, 2.24) is 30.0 Å². The van der Waals surface area contributed by atoms with Crippen LogP contribution in [-0.2, 0) is 17.4 Å². The summed E-state index contributed by atoms with van der Waals surface area (Å²) in [7, 11) is 0. The lowest BCUT2D eigenvalue weighted by atomic mass is 10.2. The quantitative estimate of drug-likeness (QED) is 0.439. The zero-order valence-electron chi connectivity index (χ0n) is 15.1. The first-order chi connectivity index (χ1) is 14.1. The Labute approximate surface area is 175 Å². The predicted molar refractivity (Wildman–Crippen MR) is 100 cm³/mol. The van der Waals surface area contributed by atoms with Crippen LogP contribution in [0.3, 0.4) is 0 Å². The Balaban J connectivity index is 1.82. The second kappa shape index (κ2) is 8.55. The molecule has 1 amide bonds. The predicted octanol–water partition coefficient (Wildman–Crippen LogP) is 1.85. The van der Waals surface area contributed by atoms with Gasteiger partial charge in [0.1, 0.15) is 18.7 Å². The molecule has 2 heterocycles. The molecule has 3 aromatic rings. The number of nitrogens with one attached hydrogen (secondary N) is 1. The first kappa shape index (κ1) is 22.0. The minimum Gasteiger partial charge on any atom is -0.612 e. The van der Waals surface area contributed by atoms with E-state index in [0.29, 0.717) is 17.3 Å². The van der Waals surface area contributed by atoms with E-state index >= 15 is 0 Å². The van der Waals surface area contributed by atoms with Crippen molar-refractivity contribution in [2.75, 3.05) is 6.26 Å². The first-order valence-electron chi connectivity index (χ1n) is 8.06. The van der Waals surface area contributed by atoms with Crippen molar-refractivity contribution in [3.63, 3.8) is 0 Å². The first-order valence-corrected chi connectivity index (χ1v) is 10.00. The third-order valence-corrected chi connectivity index (χ3v) is 4.88. The Bertz CT molecular complexity index is 1060. The van der Waals surface area contributed by atoms with E-state index in [4.69, 9.17) is 17.3 Å². The molecule has 0 saturated carbocycles. The van der Waals surface area contributed by atoms with Crippen LogP contribution in [0.2, 0.25) is 5.02 Å². The molecule has 9 nitrogen and oxygen atoms in total. The maximum absolute atomic E-state index is 12.7. The summed E-state index contributed by atoms with van der Waals surface area (Å²) in [4.78, 5) is 24.0. The number of alkyl halides is 3. The number of benzene rings is 1. The van der Waals surface area contributed by atoms with Gasteiger partial charge in [0.05, 0.1) is 5.56 Å². The average Bonchev–Trinajstić information content (AvgIpc) is 3.16. The molecule has 0 spiro atoms. The molecule has 0 aliphatic heterocycles. The standard InChI is InChI=1S/C16H13ClF3N7O2S/c1-30(29)11-3-8(2-10(17)4-11)14(28)26-12(21)13-24-7-25-27(13)15-22-5-9(6-23-15)16(18,19)20/h2-7,12H,21H2,1H3,(H,26,28). The lowest BCUT2D eigenvalue weighted by molar-refractivity contribution is -0.138. The van der Waals surface area contributed by atoms with E-state index in [1.165, 1.54) is 24.5 Å². The van der Waals surface area contributed by atoms with Crippen LogP contribution in [0.25, 0.3) is 5.95 Å². The summed E-state index contributed by atoms with van der Waals surface area (Å²) in [5.41, 5.74) is 5.05. The van der Waals surface area contributed by atoms with Gasteiger partial charge < -0.3 is 15.6 Å². The minimum absolute atomic E-state index is 0.0237.